The van der Waals surface area contributed by atoms with Gasteiger partial charge in [0.2, 0.25) is 0 Å². The molecule has 3 heteroatoms. The lowest BCUT2D eigenvalue weighted by atomic mass is 10.1. The Balaban J connectivity index is 1.77. The van der Waals surface area contributed by atoms with Gasteiger partial charge in [-0.3, -0.25) is 9.79 Å². The lowest BCUT2D eigenvalue weighted by Gasteiger charge is -2.12. The first-order chi connectivity index (χ1) is 12.3. The molecule has 0 fully saturated rings. The number of hydrogen-bond donors (Lipinski definition) is 0. The van der Waals surface area contributed by atoms with Gasteiger partial charge in [0.15, 0.2) is 5.78 Å². The van der Waals surface area contributed by atoms with Gasteiger partial charge < -0.3 is 4.90 Å². The number of nitrogens with zero attached hydrogens (tertiary/aromatic N) is 2. The molecule has 144 valence electrons. The number of carbonyl (C=O) groups excluding carboxylic acids is 1. The third kappa shape index (κ3) is 13.8. The Hall–Kier alpha value is -1.12. The fourth-order valence-electron chi connectivity index (χ4n) is 3.24. The van der Waals surface area contributed by atoms with Crippen LogP contribution in [-0.2, 0) is 4.79 Å². The van der Waals surface area contributed by atoms with E-state index in [9.17, 15) is 4.79 Å². The van der Waals surface area contributed by atoms with Crippen molar-refractivity contribution in [2.24, 2.45) is 4.99 Å². The minimum absolute atomic E-state index is 0.367. The number of Topliss-reactive ketones (excluding diaryl/α,β-unsaturated/α-hetero) is 1. The summed E-state index contributed by atoms with van der Waals surface area (Å²) in [7, 11) is 0. The van der Waals surface area contributed by atoms with Crippen LogP contribution >= 0.6 is 0 Å². The van der Waals surface area contributed by atoms with Gasteiger partial charge in [-0.05, 0) is 32.1 Å². The van der Waals surface area contributed by atoms with E-state index in [0.717, 1.165) is 25.9 Å². The van der Waals surface area contributed by atoms with Crippen LogP contribution in [0.15, 0.2) is 17.1 Å². The van der Waals surface area contributed by atoms with Crippen molar-refractivity contribution in [3.8, 4) is 0 Å². The first-order valence-electron chi connectivity index (χ1n) is 10.7. The molecule has 0 atom stereocenters. The number of ketones is 1. The first kappa shape index (κ1) is 21.9. The Morgan fingerprint density at radius 3 is 2.12 bits per heavy atom. The normalized spacial score (nSPS) is 14.0. The summed E-state index contributed by atoms with van der Waals surface area (Å²) in [4.78, 5) is 18.0. The average Bonchev–Trinajstić information content (AvgIpc) is 3.11. The zero-order valence-corrected chi connectivity index (χ0v) is 16.6. The molecule has 0 unspecified atom stereocenters. The SMILES string of the molecule is CCCCCCCCC=CCCCCCCCC(=O)CN1C=NCC1. The molecule has 0 bridgehead atoms. The van der Waals surface area contributed by atoms with Crippen LogP contribution in [0, 0.1) is 0 Å². The van der Waals surface area contributed by atoms with E-state index in [1.807, 2.05) is 11.2 Å². The number of unbranched alkanes of at least 4 members (excludes halogenated alkanes) is 11. The molecule has 0 aromatic rings. The summed E-state index contributed by atoms with van der Waals surface area (Å²) in [6, 6.07) is 0. The Morgan fingerprint density at radius 2 is 1.52 bits per heavy atom. The van der Waals surface area contributed by atoms with Gasteiger partial charge in [0.25, 0.3) is 0 Å². The predicted octanol–water partition coefficient (Wildman–Crippen LogP) is 5.94. The third-order valence-electron chi connectivity index (χ3n) is 4.86. The molecule has 0 amide bonds. The quantitative estimate of drug-likeness (QED) is 0.241. The van der Waals surface area contributed by atoms with Crippen LogP contribution in [0.25, 0.3) is 0 Å². The summed E-state index contributed by atoms with van der Waals surface area (Å²) in [6.45, 7) is 4.60. The number of allylic oxidation sites excluding steroid dienone is 2. The maximum absolute atomic E-state index is 11.8. The Labute approximate surface area is 156 Å². The van der Waals surface area contributed by atoms with Gasteiger partial charge in [0.1, 0.15) is 0 Å². The predicted molar refractivity (Wildman–Crippen MR) is 109 cm³/mol. The zero-order chi connectivity index (χ0) is 18.0. The number of aliphatic imine (C=N–C) groups is 1. The van der Waals surface area contributed by atoms with Crippen molar-refractivity contribution in [1.29, 1.82) is 0 Å². The van der Waals surface area contributed by atoms with Crippen LogP contribution in [-0.4, -0.2) is 36.7 Å². The van der Waals surface area contributed by atoms with Gasteiger partial charge in [-0.1, -0.05) is 70.4 Å². The van der Waals surface area contributed by atoms with Crippen molar-refractivity contribution in [2.45, 2.75) is 96.8 Å². The van der Waals surface area contributed by atoms with E-state index in [1.54, 1.807) is 0 Å². The molecule has 0 spiro atoms. The summed E-state index contributed by atoms with van der Waals surface area (Å²) in [5.74, 6) is 0.367. The smallest absolute Gasteiger partial charge is 0.152 e. The molecule has 0 aromatic heterocycles. The van der Waals surface area contributed by atoms with Crippen molar-refractivity contribution in [3.63, 3.8) is 0 Å². The maximum atomic E-state index is 11.8. The molecular formula is C22H40N2O. The fraction of sp³-hybridized carbons (Fsp3) is 0.818. The summed E-state index contributed by atoms with van der Waals surface area (Å²) in [6.07, 6.45) is 24.2. The number of rotatable bonds is 17. The van der Waals surface area contributed by atoms with Crippen LogP contribution in [0.4, 0.5) is 0 Å². The second-order valence-electron chi connectivity index (χ2n) is 7.37. The van der Waals surface area contributed by atoms with E-state index in [0.29, 0.717) is 12.3 Å². The van der Waals surface area contributed by atoms with Crippen molar-refractivity contribution in [2.75, 3.05) is 19.6 Å². The average molecular weight is 349 g/mol. The van der Waals surface area contributed by atoms with E-state index >= 15 is 0 Å². The van der Waals surface area contributed by atoms with E-state index in [4.69, 9.17) is 0 Å². The lowest BCUT2D eigenvalue weighted by molar-refractivity contribution is -0.119. The Morgan fingerprint density at radius 1 is 0.920 bits per heavy atom. The van der Waals surface area contributed by atoms with Crippen LogP contribution in [0.2, 0.25) is 0 Å². The zero-order valence-electron chi connectivity index (χ0n) is 16.6. The molecule has 1 heterocycles. The Kier molecular flexibility index (Phi) is 14.3. The highest BCUT2D eigenvalue weighted by Crippen LogP contribution is 2.10. The fourth-order valence-corrected chi connectivity index (χ4v) is 3.24. The number of carbonyl (C=O) groups is 1. The summed E-state index contributed by atoms with van der Waals surface area (Å²) < 4.78 is 0. The van der Waals surface area contributed by atoms with Gasteiger partial charge in [-0.25, -0.2) is 0 Å². The molecule has 0 saturated heterocycles. The van der Waals surface area contributed by atoms with Crippen LogP contribution in [0.5, 0.6) is 0 Å². The molecule has 0 aromatic carbocycles. The molecule has 1 rings (SSSR count). The largest absolute Gasteiger partial charge is 0.354 e. The lowest BCUT2D eigenvalue weighted by Crippen LogP contribution is -2.26. The van der Waals surface area contributed by atoms with Crippen LogP contribution < -0.4 is 0 Å². The molecule has 3 nitrogen and oxygen atoms in total. The highest BCUT2D eigenvalue weighted by Gasteiger charge is 2.09. The Bertz CT molecular complexity index is 376. The monoisotopic (exact) mass is 348 g/mol. The van der Waals surface area contributed by atoms with E-state index in [1.165, 1.54) is 77.0 Å². The second-order valence-corrected chi connectivity index (χ2v) is 7.37. The van der Waals surface area contributed by atoms with Crippen molar-refractivity contribution in [1.82, 2.24) is 4.90 Å². The maximum Gasteiger partial charge on any atom is 0.152 e. The standard InChI is InChI=1S/C22H40N2O/c1-2-3-4-5-6-7-8-9-10-11-12-13-14-15-16-17-22(25)20-24-19-18-23-21-24/h9-10,21H,2-8,11-20H2,1H3. The highest BCUT2D eigenvalue weighted by atomic mass is 16.1. The van der Waals surface area contributed by atoms with Gasteiger partial charge in [-0.2, -0.15) is 0 Å². The van der Waals surface area contributed by atoms with Gasteiger partial charge in [0.05, 0.1) is 19.4 Å². The van der Waals surface area contributed by atoms with E-state index in [2.05, 4.69) is 24.1 Å². The minimum Gasteiger partial charge on any atom is -0.354 e. The molecule has 0 N–H and O–H groups in total. The third-order valence-corrected chi connectivity index (χ3v) is 4.86. The summed E-state index contributed by atoms with van der Waals surface area (Å²) >= 11 is 0. The first-order valence-corrected chi connectivity index (χ1v) is 10.7. The molecule has 0 radical (unpaired) electrons. The molecule has 1 aliphatic heterocycles. The topological polar surface area (TPSA) is 32.7 Å². The second kappa shape index (κ2) is 16.4. The van der Waals surface area contributed by atoms with E-state index < -0.39 is 0 Å². The molecular weight excluding hydrogens is 308 g/mol. The molecule has 25 heavy (non-hydrogen) atoms. The molecule has 0 aliphatic carbocycles. The molecule has 1 aliphatic rings. The minimum atomic E-state index is 0.367. The van der Waals surface area contributed by atoms with Crippen molar-refractivity contribution < 1.29 is 4.79 Å². The van der Waals surface area contributed by atoms with Crippen LogP contribution in [0.1, 0.15) is 96.8 Å². The van der Waals surface area contributed by atoms with Gasteiger partial charge in [0, 0.05) is 13.0 Å². The van der Waals surface area contributed by atoms with Gasteiger partial charge in [-0.15, -0.1) is 0 Å². The van der Waals surface area contributed by atoms with E-state index in [-0.39, 0.29) is 0 Å². The molecule has 0 saturated carbocycles. The van der Waals surface area contributed by atoms with Crippen molar-refractivity contribution >= 4 is 12.1 Å². The summed E-state index contributed by atoms with van der Waals surface area (Å²) in [5, 5.41) is 0. The van der Waals surface area contributed by atoms with Crippen molar-refractivity contribution in [3.05, 3.63) is 12.2 Å². The number of hydrogen-bond acceptors (Lipinski definition) is 3. The van der Waals surface area contributed by atoms with Crippen LogP contribution in [0.3, 0.4) is 0 Å². The highest BCUT2D eigenvalue weighted by molar-refractivity contribution is 5.82. The summed E-state index contributed by atoms with van der Waals surface area (Å²) in [5.41, 5.74) is 0. The van der Waals surface area contributed by atoms with Gasteiger partial charge >= 0.3 is 0 Å².